The highest BCUT2D eigenvalue weighted by molar-refractivity contribution is 6.63. The largest absolute Gasteiger partial charge is 0.507 e. The van der Waals surface area contributed by atoms with Gasteiger partial charge < -0.3 is 20.0 Å². The molecule has 0 heterocycles. The van der Waals surface area contributed by atoms with E-state index in [0.29, 0.717) is 0 Å². The summed E-state index contributed by atoms with van der Waals surface area (Å²) >= 11 is 0. The second-order valence-corrected chi connectivity index (χ2v) is 10.5. The Balaban J connectivity index is 1.96. The molecule has 0 saturated heterocycles. The number of unbranched alkanes of at least 4 members (excludes halogenated alkanes) is 4. The summed E-state index contributed by atoms with van der Waals surface area (Å²) in [5, 5.41) is 22.0. The molecule has 7 nitrogen and oxygen atoms in total. The van der Waals surface area contributed by atoms with Gasteiger partial charge >= 0.3 is 0 Å². The number of Topliss-reactive ketones (excluding diaryl/α,β-unsaturated/α-hetero) is 2. The summed E-state index contributed by atoms with van der Waals surface area (Å²) in [4.78, 5) is 43.6. The molecule has 1 aromatic carbocycles. The molecular weight excluding hydrogens is 504 g/mol. The molecule has 0 aromatic heterocycles. The fourth-order valence-corrected chi connectivity index (χ4v) is 5.05. The Labute approximate surface area is 238 Å². The van der Waals surface area contributed by atoms with Crippen LogP contribution in [0.4, 0.5) is 5.69 Å². The number of carbonyl (C=O) groups is 3. The van der Waals surface area contributed by atoms with Gasteiger partial charge in [-0.1, -0.05) is 53.4 Å². The molecule has 0 spiro atoms. The first-order valence-corrected chi connectivity index (χ1v) is 14.8. The third-order valence-electron chi connectivity index (χ3n) is 7.48. The number of phenols is 1. The molecule has 2 aliphatic carbocycles. The number of aliphatic hydroxyl groups is 1. The molecule has 0 fully saturated rings. The van der Waals surface area contributed by atoms with Crippen molar-refractivity contribution in [2.45, 2.75) is 79.1 Å². The standard InChI is InChI=1S/C33H44N2O5/c1-5-9-17-34(18-10-6-2)23-13-15-25(27(36)21-23)29-31(38)30(33(40)32(29)39)26-16-14-24(22-28(26)37)35(19-11-7-3)20-12-8-4/h13-16,21-22,36,38H,5-12,17-20H2,1-4H3. The molecular formula is C33H44N2O5. The van der Waals surface area contributed by atoms with Crippen LogP contribution in [0.3, 0.4) is 0 Å². The van der Waals surface area contributed by atoms with Crippen molar-refractivity contribution in [2.24, 2.45) is 0 Å². The van der Waals surface area contributed by atoms with Crippen LogP contribution in [0.15, 0.2) is 59.0 Å². The number of aromatic hydroxyl groups is 1. The van der Waals surface area contributed by atoms with Gasteiger partial charge in [0.05, 0.1) is 11.1 Å². The van der Waals surface area contributed by atoms with Crippen molar-refractivity contribution in [2.75, 3.05) is 31.1 Å². The predicted molar refractivity (Wildman–Crippen MR) is 160 cm³/mol. The van der Waals surface area contributed by atoms with Crippen LogP contribution in [-0.4, -0.2) is 58.6 Å². The van der Waals surface area contributed by atoms with Crippen LogP contribution in [0.2, 0.25) is 0 Å². The maximum absolute atomic E-state index is 13.2. The van der Waals surface area contributed by atoms with Gasteiger partial charge in [-0.15, -0.1) is 0 Å². The van der Waals surface area contributed by atoms with E-state index in [-0.39, 0.29) is 28.0 Å². The maximum Gasteiger partial charge on any atom is 0.238 e. The van der Waals surface area contributed by atoms with Crippen LogP contribution in [0, 0.1) is 0 Å². The third kappa shape index (κ3) is 6.93. The average Bonchev–Trinajstić information content (AvgIpc) is 3.16. The van der Waals surface area contributed by atoms with Gasteiger partial charge in [0.15, 0.2) is 5.78 Å². The summed E-state index contributed by atoms with van der Waals surface area (Å²) in [5.74, 6) is -3.06. The first kappa shape index (κ1) is 30.9. The number of benzene rings is 1. The fourth-order valence-electron chi connectivity index (χ4n) is 5.05. The lowest BCUT2D eigenvalue weighted by molar-refractivity contribution is -0.130. The second kappa shape index (κ2) is 14.7. The number of hydrogen-bond donors (Lipinski definition) is 2. The Bertz CT molecular complexity index is 1220. The van der Waals surface area contributed by atoms with Gasteiger partial charge in [-0.2, -0.15) is 0 Å². The van der Waals surface area contributed by atoms with E-state index in [0.717, 1.165) is 88.9 Å². The molecule has 3 rings (SSSR count). The van der Waals surface area contributed by atoms with Gasteiger partial charge in [0.1, 0.15) is 11.5 Å². The number of rotatable bonds is 15. The van der Waals surface area contributed by atoms with Crippen molar-refractivity contribution >= 4 is 28.6 Å². The Hall–Kier alpha value is -3.61. The second-order valence-electron chi connectivity index (χ2n) is 10.5. The summed E-state index contributed by atoms with van der Waals surface area (Å²) in [5.41, 5.74) is 1.07. The molecule has 1 aromatic rings. The van der Waals surface area contributed by atoms with E-state index in [1.165, 1.54) is 12.2 Å². The Kier molecular flexibility index (Phi) is 11.4. The Morgan fingerprint density at radius 3 is 1.70 bits per heavy atom. The summed E-state index contributed by atoms with van der Waals surface area (Å²) < 4.78 is 0. The smallest absolute Gasteiger partial charge is 0.238 e. The number of hydrogen-bond acceptors (Lipinski definition) is 7. The van der Waals surface area contributed by atoms with Crippen LogP contribution in [0.25, 0.3) is 5.57 Å². The minimum atomic E-state index is -0.942. The molecule has 0 saturated carbocycles. The lowest BCUT2D eigenvalue weighted by atomic mass is 9.96. The van der Waals surface area contributed by atoms with Gasteiger partial charge in [0.25, 0.3) is 0 Å². The van der Waals surface area contributed by atoms with Crippen LogP contribution >= 0.6 is 0 Å². The first-order valence-electron chi connectivity index (χ1n) is 14.8. The van der Waals surface area contributed by atoms with E-state index in [9.17, 15) is 24.6 Å². The molecule has 0 radical (unpaired) electrons. The molecule has 2 N–H and O–H groups in total. The minimum Gasteiger partial charge on any atom is -0.507 e. The first-order chi connectivity index (χ1) is 19.3. The van der Waals surface area contributed by atoms with Crippen molar-refractivity contribution in [3.63, 3.8) is 0 Å². The van der Waals surface area contributed by atoms with E-state index in [2.05, 4.69) is 37.5 Å². The van der Waals surface area contributed by atoms with Crippen molar-refractivity contribution in [1.29, 1.82) is 0 Å². The van der Waals surface area contributed by atoms with E-state index in [1.54, 1.807) is 24.3 Å². The predicted octanol–water partition coefficient (Wildman–Crippen LogP) is 6.44. The molecule has 0 aliphatic heterocycles. The van der Waals surface area contributed by atoms with E-state index >= 15 is 0 Å². The monoisotopic (exact) mass is 548 g/mol. The zero-order valence-corrected chi connectivity index (χ0v) is 24.5. The van der Waals surface area contributed by atoms with Crippen molar-refractivity contribution in [1.82, 2.24) is 4.90 Å². The quantitative estimate of drug-likeness (QED) is 0.192. The highest BCUT2D eigenvalue weighted by atomic mass is 16.3. The van der Waals surface area contributed by atoms with Crippen molar-refractivity contribution in [3.8, 4) is 5.75 Å². The topological polar surface area (TPSA) is 98.2 Å². The Morgan fingerprint density at radius 1 is 0.675 bits per heavy atom. The summed E-state index contributed by atoms with van der Waals surface area (Å²) in [6.07, 6.45) is 12.9. The van der Waals surface area contributed by atoms with Gasteiger partial charge in [-0.3, -0.25) is 14.4 Å². The zero-order valence-electron chi connectivity index (χ0n) is 24.5. The van der Waals surface area contributed by atoms with Crippen LogP contribution in [0.5, 0.6) is 5.75 Å². The lowest BCUT2D eigenvalue weighted by Gasteiger charge is -2.27. The highest BCUT2D eigenvalue weighted by Crippen LogP contribution is 2.39. The average molecular weight is 549 g/mol. The SMILES string of the molecule is CCCCN(CCCC)C1=CC(=O)C(=C2C(=O)C(=O)C(c3ccc(N(CCCC)CCCC)cc3O)=C2O)C=C1. The summed E-state index contributed by atoms with van der Waals surface area (Å²) in [6.45, 7) is 11.8. The zero-order chi connectivity index (χ0) is 29.2. The van der Waals surface area contributed by atoms with Crippen LogP contribution in [-0.2, 0) is 14.4 Å². The van der Waals surface area contributed by atoms with Crippen molar-refractivity contribution < 1.29 is 24.6 Å². The number of anilines is 1. The Morgan fingerprint density at radius 2 is 1.20 bits per heavy atom. The normalized spacial score (nSPS) is 17.2. The molecule has 2 aliphatic rings. The van der Waals surface area contributed by atoms with Gasteiger partial charge in [-0.05, 0) is 50.0 Å². The number of nitrogens with zero attached hydrogens (tertiary/aromatic N) is 2. The van der Waals surface area contributed by atoms with Gasteiger partial charge in [0, 0.05) is 60.8 Å². The number of allylic oxidation sites excluding steroid dienone is 6. The molecule has 216 valence electrons. The molecule has 0 bridgehead atoms. The van der Waals surface area contributed by atoms with Gasteiger partial charge in [0.2, 0.25) is 11.6 Å². The van der Waals surface area contributed by atoms with Crippen LogP contribution < -0.4 is 4.90 Å². The molecule has 40 heavy (non-hydrogen) atoms. The summed E-state index contributed by atoms with van der Waals surface area (Å²) in [7, 11) is 0. The summed E-state index contributed by atoms with van der Waals surface area (Å²) in [6, 6.07) is 4.94. The van der Waals surface area contributed by atoms with E-state index in [1.807, 2.05) is 0 Å². The maximum atomic E-state index is 13.2. The number of aliphatic hydroxyl groups excluding tert-OH is 1. The third-order valence-corrected chi connectivity index (χ3v) is 7.48. The molecule has 0 unspecified atom stereocenters. The number of carbonyl (C=O) groups excluding carboxylic acids is 3. The molecule has 7 heteroatoms. The highest BCUT2D eigenvalue weighted by Gasteiger charge is 2.41. The lowest BCUT2D eigenvalue weighted by Crippen LogP contribution is -2.27. The number of ketones is 3. The van der Waals surface area contributed by atoms with Gasteiger partial charge in [-0.25, -0.2) is 0 Å². The molecule has 0 atom stereocenters. The fraction of sp³-hybridized carbons (Fsp3) is 0.485. The van der Waals surface area contributed by atoms with Crippen LogP contribution in [0.1, 0.15) is 84.6 Å². The van der Waals surface area contributed by atoms with Crippen molar-refractivity contribution in [3.05, 3.63) is 64.6 Å². The number of phenolic OH excluding ortho intramolecular Hbond substituents is 1. The molecule has 0 amide bonds. The van der Waals surface area contributed by atoms with E-state index in [4.69, 9.17) is 0 Å². The minimum absolute atomic E-state index is 0.0121. The van der Waals surface area contributed by atoms with E-state index < -0.39 is 23.1 Å².